The standard InChI is InChI=1S/C19H22F3N5O3/c1-10-26-27-17(30-10)18(2,12-6-23-7-12)25-16(28)14-5-15(29-9-19(20,21)22)13(8-24-14)11-3-4-11/h5,8,11-12,23H,3-4,6-7,9H2,1-2H3,(H,25,28). The van der Waals surface area contributed by atoms with Gasteiger partial charge in [0.15, 0.2) is 6.61 Å². The van der Waals surface area contributed by atoms with Crippen LogP contribution in [0.1, 0.15) is 53.5 Å². The number of halogens is 3. The number of alkyl halides is 3. The lowest BCUT2D eigenvalue weighted by Crippen LogP contribution is -2.60. The van der Waals surface area contributed by atoms with Crippen LogP contribution >= 0.6 is 0 Å². The molecule has 0 radical (unpaired) electrons. The molecule has 1 atom stereocenters. The molecule has 4 rings (SSSR count). The van der Waals surface area contributed by atoms with Crippen molar-refractivity contribution >= 4 is 5.91 Å². The number of aryl methyl sites for hydroxylation is 1. The molecule has 8 nitrogen and oxygen atoms in total. The molecule has 2 fully saturated rings. The zero-order valence-electron chi connectivity index (χ0n) is 16.5. The van der Waals surface area contributed by atoms with Crippen LogP contribution in [-0.4, -0.2) is 47.0 Å². The first-order valence-electron chi connectivity index (χ1n) is 9.69. The fourth-order valence-corrected chi connectivity index (χ4v) is 3.39. The van der Waals surface area contributed by atoms with E-state index in [-0.39, 0.29) is 29.2 Å². The third-order valence-corrected chi connectivity index (χ3v) is 5.48. The average Bonchev–Trinajstić information content (AvgIpc) is 3.37. The van der Waals surface area contributed by atoms with E-state index < -0.39 is 24.2 Å². The van der Waals surface area contributed by atoms with Gasteiger partial charge in [-0.05, 0) is 25.7 Å². The Bertz CT molecular complexity index is 940. The summed E-state index contributed by atoms with van der Waals surface area (Å²) in [6.07, 6.45) is -1.33. The number of nitrogens with zero attached hydrogens (tertiary/aromatic N) is 3. The molecule has 1 aliphatic heterocycles. The van der Waals surface area contributed by atoms with Crippen molar-refractivity contribution in [3.05, 3.63) is 35.3 Å². The summed E-state index contributed by atoms with van der Waals surface area (Å²) in [4.78, 5) is 17.1. The Labute approximate surface area is 170 Å². The lowest BCUT2D eigenvalue weighted by Gasteiger charge is -2.41. The topological polar surface area (TPSA) is 102 Å². The largest absolute Gasteiger partial charge is 0.484 e. The number of aromatic nitrogens is 3. The zero-order valence-corrected chi connectivity index (χ0v) is 16.5. The second kappa shape index (κ2) is 7.53. The van der Waals surface area contributed by atoms with E-state index in [1.165, 1.54) is 12.3 Å². The number of amides is 1. The van der Waals surface area contributed by atoms with Crippen molar-refractivity contribution < 1.29 is 27.1 Å². The van der Waals surface area contributed by atoms with Crippen LogP contribution < -0.4 is 15.4 Å². The molecular formula is C19H22F3N5O3. The first kappa shape index (κ1) is 20.6. The van der Waals surface area contributed by atoms with Gasteiger partial charge in [0.1, 0.15) is 17.0 Å². The molecule has 30 heavy (non-hydrogen) atoms. The molecule has 2 aliphatic rings. The number of carbonyl (C=O) groups excluding carboxylic acids is 1. The van der Waals surface area contributed by atoms with Crippen molar-refractivity contribution in [2.45, 2.75) is 44.3 Å². The van der Waals surface area contributed by atoms with E-state index in [0.717, 1.165) is 12.8 Å². The van der Waals surface area contributed by atoms with Crippen LogP contribution in [0.4, 0.5) is 13.2 Å². The van der Waals surface area contributed by atoms with Crippen molar-refractivity contribution in [2.75, 3.05) is 19.7 Å². The van der Waals surface area contributed by atoms with E-state index >= 15 is 0 Å². The molecule has 0 bridgehead atoms. The van der Waals surface area contributed by atoms with Gasteiger partial charge in [0.05, 0.1) is 0 Å². The molecule has 2 aromatic heterocycles. The number of pyridine rings is 1. The Hall–Kier alpha value is -2.69. The van der Waals surface area contributed by atoms with Crippen molar-refractivity contribution in [3.63, 3.8) is 0 Å². The van der Waals surface area contributed by atoms with Crippen LogP contribution in [0.2, 0.25) is 0 Å². The van der Waals surface area contributed by atoms with E-state index in [2.05, 4.69) is 25.8 Å². The maximum atomic E-state index is 13.0. The van der Waals surface area contributed by atoms with Crippen LogP contribution in [0, 0.1) is 12.8 Å². The van der Waals surface area contributed by atoms with E-state index in [4.69, 9.17) is 9.15 Å². The quantitative estimate of drug-likeness (QED) is 0.703. The summed E-state index contributed by atoms with van der Waals surface area (Å²) >= 11 is 0. The summed E-state index contributed by atoms with van der Waals surface area (Å²) in [5, 5.41) is 13.9. The molecule has 2 aromatic rings. The van der Waals surface area contributed by atoms with Gasteiger partial charge in [0.25, 0.3) is 5.91 Å². The minimum absolute atomic E-state index is 0.00740. The third kappa shape index (κ3) is 4.25. The molecule has 1 saturated carbocycles. The number of hydrogen-bond acceptors (Lipinski definition) is 7. The molecule has 0 spiro atoms. The molecule has 1 unspecified atom stereocenters. The van der Waals surface area contributed by atoms with Crippen LogP contribution in [0.25, 0.3) is 0 Å². The fraction of sp³-hybridized carbons (Fsp3) is 0.579. The molecule has 3 heterocycles. The predicted molar refractivity (Wildman–Crippen MR) is 98.0 cm³/mol. The molecule has 11 heteroatoms. The summed E-state index contributed by atoms with van der Waals surface area (Å²) in [6, 6.07) is 1.27. The summed E-state index contributed by atoms with van der Waals surface area (Å²) in [6.45, 7) is 3.30. The van der Waals surface area contributed by atoms with E-state index in [1.807, 2.05) is 0 Å². The first-order chi connectivity index (χ1) is 14.2. The highest BCUT2D eigenvalue weighted by Crippen LogP contribution is 2.44. The summed E-state index contributed by atoms with van der Waals surface area (Å²) < 4.78 is 48.5. The van der Waals surface area contributed by atoms with Crippen molar-refractivity contribution in [1.29, 1.82) is 0 Å². The Kier molecular flexibility index (Phi) is 5.16. The number of ether oxygens (including phenoxy) is 1. The third-order valence-electron chi connectivity index (χ3n) is 5.48. The molecule has 1 saturated heterocycles. The van der Waals surface area contributed by atoms with Gasteiger partial charge in [-0.25, -0.2) is 0 Å². The monoisotopic (exact) mass is 425 g/mol. The minimum Gasteiger partial charge on any atom is -0.484 e. The summed E-state index contributed by atoms with van der Waals surface area (Å²) in [7, 11) is 0. The van der Waals surface area contributed by atoms with E-state index in [1.54, 1.807) is 13.8 Å². The Balaban J connectivity index is 1.58. The van der Waals surface area contributed by atoms with Gasteiger partial charge in [0.2, 0.25) is 11.8 Å². The number of nitrogens with one attached hydrogen (secondary N) is 2. The second-order valence-electron chi connectivity index (χ2n) is 7.92. The zero-order chi connectivity index (χ0) is 21.5. The first-order valence-corrected chi connectivity index (χ1v) is 9.69. The van der Waals surface area contributed by atoms with Gasteiger partial charge < -0.3 is 19.8 Å². The highest BCUT2D eigenvalue weighted by atomic mass is 19.4. The van der Waals surface area contributed by atoms with Gasteiger partial charge in [0, 0.05) is 43.8 Å². The van der Waals surface area contributed by atoms with Gasteiger partial charge >= 0.3 is 6.18 Å². The number of carbonyl (C=O) groups is 1. The minimum atomic E-state index is -4.47. The molecule has 0 aromatic carbocycles. The van der Waals surface area contributed by atoms with Crippen molar-refractivity contribution in [2.24, 2.45) is 5.92 Å². The van der Waals surface area contributed by atoms with Gasteiger partial charge in [-0.1, -0.05) is 0 Å². The van der Waals surface area contributed by atoms with Crippen molar-refractivity contribution in [1.82, 2.24) is 25.8 Å². The number of rotatable bonds is 7. The maximum Gasteiger partial charge on any atom is 0.422 e. The predicted octanol–water partition coefficient (Wildman–Crippen LogP) is 2.46. The lowest BCUT2D eigenvalue weighted by atomic mass is 9.81. The molecule has 2 N–H and O–H groups in total. The molecule has 1 amide bonds. The van der Waals surface area contributed by atoms with Crippen LogP contribution in [0.5, 0.6) is 5.75 Å². The SMILES string of the molecule is Cc1nnc(C(C)(NC(=O)c2cc(OCC(F)(F)F)c(C3CC3)cn2)C2CNC2)o1. The highest BCUT2D eigenvalue weighted by molar-refractivity contribution is 5.93. The Morgan fingerprint density at radius 2 is 2.07 bits per heavy atom. The summed E-state index contributed by atoms with van der Waals surface area (Å²) in [5.41, 5.74) is -0.395. The van der Waals surface area contributed by atoms with Crippen LogP contribution in [0.3, 0.4) is 0 Å². The Morgan fingerprint density at radius 1 is 1.33 bits per heavy atom. The highest BCUT2D eigenvalue weighted by Gasteiger charge is 2.45. The van der Waals surface area contributed by atoms with Crippen LogP contribution in [-0.2, 0) is 5.54 Å². The van der Waals surface area contributed by atoms with Gasteiger partial charge in [-0.2, -0.15) is 13.2 Å². The molecule has 162 valence electrons. The maximum absolute atomic E-state index is 13.0. The van der Waals surface area contributed by atoms with Gasteiger partial charge in [-0.15, -0.1) is 10.2 Å². The molecular weight excluding hydrogens is 403 g/mol. The smallest absolute Gasteiger partial charge is 0.422 e. The van der Waals surface area contributed by atoms with Crippen LogP contribution in [0.15, 0.2) is 16.7 Å². The fourth-order valence-electron chi connectivity index (χ4n) is 3.39. The van der Waals surface area contributed by atoms with E-state index in [0.29, 0.717) is 24.5 Å². The lowest BCUT2D eigenvalue weighted by molar-refractivity contribution is -0.153. The number of hydrogen-bond donors (Lipinski definition) is 2. The average molecular weight is 425 g/mol. The normalized spacial score (nSPS) is 19.1. The van der Waals surface area contributed by atoms with E-state index in [9.17, 15) is 18.0 Å². The Morgan fingerprint density at radius 3 is 2.60 bits per heavy atom. The summed E-state index contributed by atoms with van der Waals surface area (Å²) in [5.74, 6) is 0.240. The molecule has 1 aliphatic carbocycles. The van der Waals surface area contributed by atoms with Crippen molar-refractivity contribution in [3.8, 4) is 5.75 Å². The van der Waals surface area contributed by atoms with Gasteiger partial charge in [-0.3, -0.25) is 9.78 Å². The second-order valence-corrected chi connectivity index (χ2v) is 7.92.